The van der Waals surface area contributed by atoms with E-state index in [1.165, 1.54) is 19.3 Å². The summed E-state index contributed by atoms with van der Waals surface area (Å²) in [7, 11) is 1.66. The van der Waals surface area contributed by atoms with Gasteiger partial charge in [0.05, 0.1) is 12.0 Å². The Kier molecular flexibility index (Phi) is 6.14. The molecule has 1 heterocycles. The molecule has 0 radical (unpaired) electrons. The molecule has 1 saturated carbocycles. The average Bonchev–Trinajstić information content (AvgIpc) is 3.04. The van der Waals surface area contributed by atoms with Crippen LogP contribution in [0.2, 0.25) is 0 Å². The van der Waals surface area contributed by atoms with E-state index in [9.17, 15) is 4.79 Å². The first-order valence-corrected chi connectivity index (χ1v) is 11.2. The molecule has 1 N–H and O–H groups in total. The first kappa shape index (κ1) is 19.9. The third kappa shape index (κ3) is 4.45. The maximum absolute atomic E-state index is 13.5. The van der Waals surface area contributed by atoms with Crippen molar-refractivity contribution < 1.29 is 9.53 Å². The summed E-state index contributed by atoms with van der Waals surface area (Å²) in [5, 5.41) is 3.58. The van der Waals surface area contributed by atoms with Gasteiger partial charge < -0.3 is 15.0 Å². The van der Waals surface area contributed by atoms with Gasteiger partial charge >= 0.3 is 0 Å². The molecule has 1 amide bonds. The molecule has 1 aliphatic carbocycles. The van der Waals surface area contributed by atoms with Crippen LogP contribution in [0.15, 0.2) is 59.5 Å². The van der Waals surface area contributed by atoms with E-state index in [4.69, 9.17) is 4.74 Å². The Hall–Kier alpha value is -2.40. The second kappa shape index (κ2) is 8.95. The zero-order chi connectivity index (χ0) is 20.2. The molecular formula is C24H28N2O2S. The molecule has 2 aromatic carbocycles. The normalized spacial score (nSPS) is 26.0. The SMILES string of the molecule is COc1cccc(/C=C2\SC(Nc3ccccc3)N([C@@H]3CCCC[C@H]3C)C2=O)c1. The summed E-state index contributed by atoms with van der Waals surface area (Å²) < 4.78 is 5.33. The van der Waals surface area contributed by atoms with Gasteiger partial charge in [0.15, 0.2) is 5.50 Å². The minimum absolute atomic E-state index is 0.0905. The number of nitrogens with zero attached hydrogens (tertiary/aromatic N) is 1. The number of thioether (sulfide) groups is 1. The van der Waals surface area contributed by atoms with Gasteiger partial charge in [0.25, 0.3) is 5.91 Å². The summed E-state index contributed by atoms with van der Waals surface area (Å²) in [5.41, 5.74) is 1.93. The summed E-state index contributed by atoms with van der Waals surface area (Å²) >= 11 is 1.61. The van der Waals surface area contributed by atoms with Gasteiger partial charge in [0.2, 0.25) is 0 Å². The standard InChI is InChI=1S/C24H28N2O2S/c1-17-9-6-7-14-21(17)26-23(27)22(16-18-10-8-13-20(15-18)28-2)29-24(26)25-19-11-4-3-5-12-19/h3-5,8,10-13,15-17,21,24-25H,6-7,9,14H2,1-2H3/b22-16-/t17-,21-,24?/m1/s1. The van der Waals surface area contributed by atoms with E-state index in [1.54, 1.807) is 18.9 Å². The molecule has 4 nitrogen and oxygen atoms in total. The molecule has 1 unspecified atom stereocenters. The summed E-state index contributed by atoms with van der Waals surface area (Å²) in [6.07, 6.45) is 6.70. The zero-order valence-electron chi connectivity index (χ0n) is 17.0. The molecule has 1 saturated heterocycles. The van der Waals surface area contributed by atoms with E-state index >= 15 is 0 Å². The Balaban J connectivity index is 1.64. The van der Waals surface area contributed by atoms with Gasteiger partial charge in [0.1, 0.15) is 5.75 Å². The summed E-state index contributed by atoms with van der Waals surface area (Å²) in [6.45, 7) is 2.28. The van der Waals surface area contributed by atoms with Gasteiger partial charge in [-0.15, -0.1) is 0 Å². The van der Waals surface area contributed by atoms with Crippen LogP contribution in [0, 0.1) is 5.92 Å². The fraction of sp³-hybridized carbons (Fsp3) is 0.375. The van der Waals surface area contributed by atoms with Gasteiger partial charge in [0, 0.05) is 11.7 Å². The lowest BCUT2D eigenvalue weighted by Crippen LogP contribution is -2.48. The smallest absolute Gasteiger partial charge is 0.262 e. The topological polar surface area (TPSA) is 41.6 Å². The molecule has 2 fully saturated rings. The fourth-order valence-corrected chi connectivity index (χ4v) is 5.46. The van der Waals surface area contributed by atoms with Crippen molar-refractivity contribution in [1.82, 2.24) is 4.90 Å². The van der Waals surface area contributed by atoms with E-state index in [0.717, 1.165) is 28.3 Å². The lowest BCUT2D eigenvalue weighted by molar-refractivity contribution is -0.129. The highest BCUT2D eigenvalue weighted by molar-refractivity contribution is 8.05. The third-order valence-corrected chi connectivity index (χ3v) is 6.93. The van der Waals surface area contributed by atoms with Crippen LogP contribution in [-0.2, 0) is 4.79 Å². The van der Waals surface area contributed by atoms with Gasteiger partial charge in [-0.2, -0.15) is 0 Å². The largest absolute Gasteiger partial charge is 0.497 e. The molecule has 152 valence electrons. The monoisotopic (exact) mass is 408 g/mol. The highest BCUT2D eigenvalue weighted by Crippen LogP contribution is 2.42. The number of methoxy groups -OCH3 is 1. The second-order valence-electron chi connectivity index (χ2n) is 7.81. The lowest BCUT2D eigenvalue weighted by atomic mass is 9.85. The molecule has 1 aliphatic heterocycles. The number of para-hydroxylation sites is 1. The first-order chi connectivity index (χ1) is 14.2. The van der Waals surface area contributed by atoms with Crippen LogP contribution in [0.3, 0.4) is 0 Å². The number of ether oxygens (including phenoxy) is 1. The van der Waals surface area contributed by atoms with Crippen molar-refractivity contribution in [3.05, 3.63) is 65.1 Å². The first-order valence-electron chi connectivity index (χ1n) is 10.3. The minimum atomic E-state index is -0.0905. The van der Waals surface area contributed by atoms with Crippen LogP contribution in [0.4, 0.5) is 5.69 Å². The lowest BCUT2D eigenvalue weighted by Gasteiger charge is -2.39. The Bertz CT molecular complexity index is 883. The molecule has 4 rings (SSSR count). The van der Waals surface area contributed by atoms with Crippen molar-refractivity contribution in [2.24, 2.45) is 5.92 Å². The van der Waals surface area contributed by atoms with Crippen LogP contribution in [-0.4, -0.2) is 29.5 Å². The highest BCUT2D eigenvalue weighted by Gasteiger charge is 2.42. The number of nitrogens with one attached hydrogen (secondary N) is 1. The van der Waals surface area contributed by atoms with Crippen LogP contribution in [0.1, 0.15) is 38.2 Å². The van der Waals surface area contributed by atoms with Crippen molar-refractivity contribution in [2.75, 3.05) is 12.4 Å². The molecule has 0 spiro atoms. The number of carbonyl (C=O) groups is 1. The van der Waals surface area contributed by atoms with Gasteiger partial charge in [-0.25, -0.2) is 0 Å². The average molecular weight is 409 g/mol. The molecule has 2 aromatic rings. The number of hydrogen-bond acceptors (Lipinski definition) is 4. The minimum Gasteiger partial charge on any atom is -0.497 e. The van der Waals surface area contributed by atoms with E-state index in [2.05, 4.69) is 29.3 Å². The molecule has 0 aromatic heterocycles. The van der Waals surface area contributed by atoms with Gasteiger partial charge in [-0.05, 0) is 54.7 Å². The molecule has 0 bridgehead atoms. The number of anilines is 1. The van der Waals surface area contributed by atoms with Crippen molar-refractivity contribution in [1.29, 1.82) is 0 Å². The number of rotatable bonds is 5. The molecule has 5 heteroatoms. The second-order valence-corrected chi connectivity index (χ2v) is 8.93. The Labute approximate surface area is 177 Å². The number of amides is 1. The summed E-state index contributed by atoms with van der Waals surface area (Å²) in [5.74, 6) is 1.45. The Morgan fingerprint density at radius 2 is 1.90 bits per heavy atom. The van der Waals surface area contributed by atoms with E-state index in [0.29, 0.717) is 5.92 Å². The predicted molar refractivity (Wildman–Crippen MR) is 121 cm³/mol. The number of carbonyl (C=O) groups excluding carboxylic acids is 1. The van der Waals surface area contributed by atoms with Crippen LogP contribution >= 0.6 is 11.8 Å². The van der Waals surface area contributed by atoms with E-state index < -0.39 is 0 Å². The zero-order valence-corrected chi connectivity index (χ0v) is 17.8. The van der Waals surface area contributed by atoms with Crippen molar-refractivity contribution >= 4 is 29.4 Å². The van der Waals surface area contributed by atoms with Crippen LogP contribution in [0.5, 0.6) is 5.75 Å². The molecule has 29 heavy (non-hydrogen) atoms. The third-order valence-electron chi connectivity index (χ3n) is 5.82. The van der Waals surface area contributed by atoms with Crippen LogP contribution < -0.4 is 10.1 Å². The van der Waals surface area contributed by atoms with Gasteiger partial charge in [-0.1, -0.05) is 61.9 Å². The van der Waals surface area contributed by atoms with Crippen molar-refractivity contribution in [3.8, 4) is 5.75 Å². The van der Waals surface area contributed by atoms with Crippen molar-refractivity contribution in [3.63, 3.8) is 0 Å². The Morgan fingerprint density at radius 1 is 1.10 bits per heavy atom. The maximum atomic E-state index is 13.5. The number of hydrogen-bond donors (Lipinski definition) is 1. The Morgan fingerprint density at radius 3 is 2.66 bits per heavy atom. The van der Waals surface area contributed by atoms with E-state index in [1.807, 2.05) is 48.5 Å². The summed E-state index contributed by atoms with van der Waals surface area (Å²) in [6, 6.07) is 18.3. The van der Waals surface area contributed by atoms with Gasteiger partial charge in [-0.3, -0.25) is 4.79 Å². The summed E-state index contributed by atoms with van der Waals surface area (Å²) in [4.78, 5) is 16.3. The van der Waals surface area contributed by atoms with Crippen molar-refractivity contribution in [2.45, 2.75) is 44.1 Å². The highest BCUT2D eigenvalue weighted by atomic mass is 32.2. The molecular weight excluding hydrogens is 380 g/mol. The molecule has 3 atom stereocenters. The fourth-order valence-electron chi connectivity index (χ4n) is 4.25. The van der Waals surface area contributed by atoms with E-state index in [-0.39, 0.29) is 17.4 Å². The van der Waals surface area contributed by atoms with Crippen LogP contribution in [0.25, 0.3) is 6.08 Å². The quantitative estimate of drug-likeness (QED) is 0.655. The molecule has 2 aliphatic rings. The maximum Gasteiger partial charge on any atom is 0.262 e. The predicted octanol–water partition coefficient (Wildman–Crippen LogP) is 5.59. The number of benzene rings is 2.